The highest BCUT2D eigenvalue weighted by Crippen LogP contribution is 2.35. The fourth-order valence-electron chi connectivity index (χ4n) is 2.03. The first-order chi connectivity index (χ1) is 11.3. The van der Waals surface area contributed by atoms with Gasteiger partial charge >= 0.3 is 11.6 Å². The van der Waals surface area contributed by atoms with E-state index in [1.807, 2.05) is 0 Å². The molecule has 1 heterocycles. The van der Waals surface area contributed by atoms with Crippen LogP contribution < -0.4 is 10.4 Å². The molecule has 8 heteroatoms. The van der Waals surface area contributed by atoms with Crippen molar-refractivity contribution < 1.29 is 34.4 Å². The summed E-state index contributed by atoms with van der Waals surface area (Å²) in [5.41, 5.74) is -1.12. The summed E-state index contributed by atoms with van der Waals surface area (Å²) >= 11 is 0. The predicted octanol–water partition coefficient (Wildman–Crippen LogP) is 1.83. The lowest BCUT2D eigenvalue weighted by Gasteiger charge is -2.06. The Morgan fingerprint density at radius 2 is 1.62 bits per heavy atom. The maximum atomic E-state index is 12.0. The third-order valence-corrected chi connectivity index (χ3v) is 3.20. The molecule has 0 aliphatic heterocycles. The number of fused-ring (bicyclic) bond motifs is 1. The molecule has 0 bridgehead atoms. The monoisotopic (exact) mass is 330 g/mol. The van der Waals surface area contributed by atoms with Crippen molar-refractivity contribution in [2.24, 2.45) is 0 Å². The third-order valence-electron chi connectivity index (χ3n) is 3.20. The number of aromatic hydroxyl groups is 4. The minimum atomic E-state index is -1.05. The van der Waals surface area contributed by atoms with E-state index in [1.165, 1.54) is 24.3 Å². The standard InChI is InChI=1S/C16H10O8/c17-9-2-1-7-5-13(16(22)23-12(7)6-9)24-15(21)8-3-10(18)14(20)11(19)4-8/h1-6,17-20H. The molecule has 8 nitrogen and oxygen atoms in total. The van der Waals surface area contributed by atoms with Gasteiger partial charge in [0.1, 0.15) is 11.3 Å². The van der Waals surface area contributed by atoms with Crippen LogP contribution in [-0.4, -0.2) is 26.4 Å². The molecule has 0 saturated heterocycles. The zero-order valence-electron chi connectivity index (χ0n) is 11.9. The first-order valence-electron chi connectivity index (χ1n) is 6.59. The fraction of sp³-hybridized carbons (Fsp3) is 0. The summed E-state index contributed by atoms with van der Waals surface area (Å²) in [7, 11) is 0. The zero-order valence-corrected chi connectivity index (χ0v) is 11.9. The van der Waals surface area contributed by atoms with Crippen molar-refractivity contribution in [1.82, 2.24) is 0 Å². The van der Waals surface area contributed by atoms with Crippen molar-refractivity contribution in [1.29, 1.82) is 0 Å². The van der Waals surface area contributed by atoms with Gasteiger partial charge in [-0.1, -0.05) is 0 Å². The average molecular weight is 330 g/mol. The number of ether oxygens (including phenoxy) is 1. The van der Waals surface area contributed by atoms with Gasteiger partial charge in [0.2, 0.25) is 5.75 Å². The molecule has 0 amide bonds. The number of hydrogen-bond acceptors (Lipinski definition) is 8. The quantitative estimate of drug-likeness (QED) is 0.317. The van der Waals surface area contributed by atoms with Gasteiger partial charge in [-0.25, -0.2) is 9.59 Å². The van der Waals surface area contributed by atoms with E-state index in [0.29, 0.717) is 5.39 Å². The Morgan fingerprint density at radius 3 is 2.29 bits per heavy atom. The number of esters is 1. The van der Waals surface area contributed by atoms with E-state index in [4.69, 9.17) is 9.15 Å². The molecule has 24 heavy (non-hydrogen) atoms. The van der Waals surface area contributed by atoms with Crippen molar-refractivity contribution in [3.05, 3.63) is 52.4 Å². The summed E-state index contributed by atoms with van der Waals surface area (Å²) in [5, 5.41) is 37.8. The van der Waals surface area contributed by atoms with Crippen LogP contribution in [0.25, 0.3) is 11.0 Å². The van der Waals surface area contributed by atoms with Gasteiger partial charge in [0.15, 0.2) is 17.2 Å². The second-order valence-electron chi connectivity index (χ2n) is 4.87. The van der Waals surface area contributed by atoms with Crippen molar-refractivity contribution in [2.75, 3.05) is 0 Å². The average Bonchev–Trinajstić information content (AvgIpc) is 2.53. The first-order valence-corrected chi connectivity index (χ1v) is 6.59. The van der Waals surface area contributed by atoms with Crippen LogP contribution >= 0.6 is 0 Å². The second-order valence-corrected chi connectivity index (χ2v) is 4.87. The first kappa shape index (κ1) is 15.2. The predicted molar refractivity (Wildman–Crippen MR) is 80.5 cm³/mol. The van der Waals surface area contributed by atoms with Gasteiger partial charge in [0, 0.05) is 11.5 Å². The Labute approximate surface area is 133 Å². The van der Waals surface area contributed by atoms with Gasteiger partial charge in [0.05, 0.1) is 5.56 Å². The normalized spacial score (nSPS) is 10.7. The highest BCUT2D eigenvalue weighted by Gasteiger charge is 2.17. The Bertz CT molecular complexity index is 995. The molecule has 0 fully saturated rings. The van der Waals surface area contributed by atoms with Crippen LogP contribution in [0.5, 0.6) is 28.7 Å². The minimum Gasteiger partial charge on any atom is -0.508 e. The molecule has 2 aromatic carbocycles. The number of rotatable bonds is 2. The third kappa shape index (κ3) is 2.68. The second kappa shape index (κ2) is 5.51. The molecule has 1 aromatic heterocycles. The highest BCUT2D eigenvalue weighted by atomic mass is 16.5. The molecule has 3 rings (SSSR count). The number of phenolic OH excluding ortho intramolecular Hbond substituents is 4. The summed E-state index contributed by atoms with van der Waals surface area (Å²) in [6.45, 7) is 0. The summed E-state index contributed by atoms with van der Waals surface area (Å²) in [5.74, 6) is -3.77. The topological polar surface area (TPSA) is 137 Å². The lowest BCUT2D eigenvalue weighted by atomic mass is 10.2. The van der Waals surface area contributed by atoms with Crippen LogP contribution in [-0.2, 0) is 0 Å². The van der Waals surface area contributed by atoms with Crippen LogP contribution in [0.1, 0.15) is 10.4 Å². The van der Waals surface area contributed by atoms with E-state index in [2.05, 4.69) is 0 Å². The number of carbonyl (C=O) groups excluding carboxylic acids is 1. The van der Waals surface area contributed by atoms with Gasteiger partial charge in [-0.3, -0.25) is 0 Å². The fourth-order valence-corrected chi connectivity index (χ4v) is 2.03. The van der Waals surface area contributed by atoms with Crippen LogP contribution in [0.3, 0.4) is 0 Å². The van der Waals surface area contributed by atoms with E-state index >= 15 is 0 Å². The van der Waals surface area contributed by atoms with Crippen LogP contribution in [0.2, 0.25) is 0 Å². The van der Waals surface area contributed by atoms with Crippen LogP contribution in [0.15, 0.2) is 45.6 Å². The SMILES string of the molecule is O=C(Oc1cc2ccc(O)cc2oc1=O)c1cc(O)c(O)c(O)c1. The lowest BCUT2D eigenvalue weighted by molar-refractivity contribution is 0.0728. The molecule has 3 aromatic rings. The molecule has 0 aliphatic rings. The molecule has 0 atom stereocenters. The number of hydrogen-bond donors (Lipinski definition) is 4. The van der Waals surface area contributed by atoms with Gasteiger partial charge < -0.3 is 29.6 Å². The van der Waals surface area contributed by atoms with Crippen molar-refractivity contribution in [3.8, 4) is 28.7 Å². The largest absolute Gasteiger partial charge is 0.508 e. The lowest BCUT2D eigenvalue weighted by Crippen LogP contribution is -2.14. The Kier molecular flexibility index (Phi) is 3.49. The number of phenols is 4. The number of carbonyl (C=O) groups is 1. The van der Waals surface area contributed by atoms with Gasteiger partial charge in [-0.2, -0.15) is 0 Å². The maximum Gasteiger partial charge on any atom is 0.379 e. The molecule has 4 N–H and O–H groups in total. The maximum absolute atomic E-state index is 12.0. The van der Waals surface area contributed by atoms with Crippen molar-refractivity contribution >= 4 is 16.9 Å². The molecule has 122 valence electrons. The molecule has 0 radical (unpaired) electrons. The van der Waals surface area contributed by atoms with Gasteiger partial charge in [-0.05, 0) is 30.3 Å². The van der Waals surface area contributed by atoms with E-state index in [-0.39, 0.29) is 16.9 Å². The van der Waals surface area contributed by atoms with Crippen molar-refractivity contribution in [3.63, 3.8) is 0 Å². The van der Waals surface area contributed by atoms with Crippen LogP contribution in [0, 0.1) is 0 Å². The van der Waals surface area contributed by atoms with Gasteiger partial charge in [-0.15, -0.1) is 0 Å². The molecule has 0 spiro atoms. The smallest absolute Gasteiger partial charge is 0.379 e. The summed E-state index contributed by atoms with van der Waals surface area (Å²) < 4.78 is 9.85. The zero-order chi connectivity index (χ0) is 17.4. The summed E-state index contributed by atoms with van der Waals surface area (Å²) in [6.07, 6.45) is 0. The molecular weight excluding hydrogens is 320 g/mol. The van der Waals surface area contributed by atoms with Crippen LogP contribution in [0.4, 0.5) is 0 Å². The Balaban J connectivity index is 1.97. The van der Waals surface area contributed by atoms with E-state index in [9.17, 15) is 30.0 Å². The van der Waals surface area contributed by atoms with E-state index < -0.39 is 34.6 Å². The highest BCUT2D eigenvalue weighted by molar-refractivity contribution is 5.93. The summed E-state index contributed by atoms with van der Waals surface area (Å²) in [6, 6.07) is 7.06. The molecule has 0 saturated carbocycles. The Morgan fingerprint density at radius 1 is 0.958 bits per heavy atom. The number of benzene rings is 2. The van der Waals surface area contributed by atoms with Crippen molar-refractivity contribution in [2.45, 2.75) is 0 Å². The van der Waals surface area contributed by atoms with E-state index in [0.717, 1.165) is 12.1 Å². The molecule has 0 unspecified atom stereocenters. The van der Waals surface area contributed by atoms with Gasteiger partial charge in [0.25, 0.3) is 0 Å². The Hall–Kier alpha value is -3.68. The minimum absolute atomic E-state index is 0.0922. The summed E-state index contributed by atoms with van der Waals surface area (Å²) in [4.78, 5) is 23.9. The molecular formula is C16H10O8. The van der Waals surface area contributed by atoms with E-state index in [1.54, 1.807) is 0 Å². The molecule has 0 aliphatic carbocycles.